The lowest BCUT2D eigenvalue weighted by molar-refractivity contribution is -0.150. The lowest BCUT2D eigenvalue weighted by Crippen LogP contribution is -2.58. The third kappa shape index (κ3) is 3.81. The van der Waals surface area contributed by atoms with Gasteiger partial charge < -0.3 is 21.1 Å². The Bertz CT molecular complexity index is 1030. The van der Waals surface area contributed by atoms with Crippen LogP contribution in [0.25, 0.3) is 5.57 Å². The molecule has 2 fully saturated rings. The van der Waals surface area contributed by atoms with E-state index in [0.29, 0.717) is 44.5 Å². The summed E-state index contributed by atoms with van der Waals surface area (Å²) in [5.41, 5.74) is 8.70. The topological polar surface area (TPSA) is 137 Å². The van der Waals surface area contributed by atoms with Crippen LogP contribution in [0.2, 0.25) is 0 Å². The molecule has 1 aromatic rings. The first-order valence-electron chi connectivity index (χ1n) is 10.5. The van der Waals surface area contributed by atoms with E-state index in [0.717, 1.165) is 16.7 Å². The number of nitrogens with two attached hydrogens (primary N) is 1. The van der Waals surface area contributed by atoms with E-state index in [9.17, 15) is 19.5 Å². The van der Waals surface area contributed by atoms with Crippen molar-refractivity contribution in [1.29, 1.82) is 5.26 Å². The Labute approximate surface area is 180 Å². The number of carboxylic acids is 1. The maximum Gasteiger partial charge on any atom is 0.308 e. The van der Waals surface area contributed by atoms with Crippen LogP contribution in [0.15, 0.2) is 24.3 Å². The molecular formula is C23H26N4O4. The van der Waals surface area contributed by atoms with Crippen LogP contribution in [0.3, 0.4) is 0 Å². The molecule has 31 heavy (non-hydrogen) atoms. The van der Waals surface area contributed by atoms with E-state index in [1.165, 1.54) is 0 Å². The molecule has 2 heterocycles. The Morgan fingerprint density at radius 3 is 2.65 bits per heavy atom. The summed E-state index contributed by atoms with van der Waals surface area (Å²) in [5, 5.41) is 22.0. The van der Waals surface area contributed by atoms with Gasteiger partial charge in [0.15, 0.2) is 0 Å². The van der Waals surface area contributed by atoms with Crippen molar-refractivity contribution in [3.05, 3.63) is 41.0 Å². The Morgan fingerprint density at radius 2 is 2.10 bits per heavy atom. The lowest BCUT2D eigenvalue weighted by atomic mass is 9.80. The van der Waals surface area contributed by atoms with Crippen molar-refractivity contribution in [3.63, 3.8) is 0 Å². The van der Waals surface area contributed by atoms with E-state index in [-0.39, 0.29) is 11.8 Å². The van der Waals surface area contributed by atoms with Crippen LogP contribution in [0.1, 0.15) is 36.0 Å². The van der Waals surface area contributed by atoms with Crippen LogP contribution in [0.4, 0.5) is 0 Å². The van der Waals surface area contributed by atoms with Crippen molar-refractivity contribution >= 4 is 23.4 Å². The first kappa shape index (κ1) is 21.1. The second-order valence-electron chi connectivity index (χ2n) is 8.93. The molecule has 1 spiro atoms. The van der Waals surface area contributed by atoms with Crippen molar-refractivity contribution in [2.24, 2.45) is 23.0 Å². The second-order valence-corrected chi connectivity index (χ2v) is 8.93. The molecule has 8 heteroatoms. The van der Waals surface area contributed by atoms with Crippen molar-refractivity contribution in [3.8, 4) is 6.07 Å². The monoisotopic (exact) mass is 422 g/mol. The van der Waals surface area contributed by atoms with Crippen LogP contribution >= 0.6 is 0 Å². The summed E-state index contributed by atoms with van der Waals surface area (Å²) >= 11 is 0. The van der Waals surface area contributed by atoms with Crippen molar-refractivity contribution < 1.29 is 19.5 Å². The van der Waals surface area contributed by atoms with Crippen LogP contribution in [-0.2, 0) is 14.4 Å². The first-order chi connectivity index (χ1) is 14.8. The van der Waals surface area contributed by atoms with Crippen molar-refractivity contribution in [1.82, 2.24) is 10.2 Å². The Kier molecular flexibility index (Phi) is 5.31. The molecule has 2 amide bonds. The molecule has 2 aliphatic heterocycles. The van der Waals surface area contributed by atoms with Crippen LogP contribution in [0.5, 0.6) is 0 Å². The number of rotatable bonds is 4. The lowest BCUT2D eigenvalue weighted by Gasteiger charge is -2.38. The van der Waals surface area contributed by atoms with Gasteiger partial charge in [0, 0.05) is 25.6 Å². The largest absolute Gasteiger partial charge is 0.481 e. The summed E-state index contributed by atoms with van der Waals surface area (Å²) in [5.74, 6) is -2.83. The fourth-order valence-corrected chi connectivity index (χ4v) is 5.06. The third-order valence-electron chi connectivity index (χ3n) is 7.06. The first-order valence-corrected chi connectivity index (χ1v) is 10.5. The molecular weight excluding hydrogens is 396 g/mol. The molecule has 4 atom stereocenters. The second kappa shape index (κ2) is 7.82. The normalized spacial score (nSPS) is 29.7. The average Bonchev–Trinajstić information content (AvgIpc) is 3.46. The zero-order valence-corrected chi connectivity index (χ0v) is 17.4. The van der Waals surface area contributed by atoms with Gasteiger partial charge in [-0.1, -0.05) is 18.2 Å². The SMILES string of the molecule is Cc1cc(C2=CCN(C(=O)C3NCC4(CC3C(=O)O)CC4C(N)=O)CC2)ccc1C#N. The molecule has 8 nitrogen and oxygen atoms in total. The van der Waals surface area contributed by atoms with Gasteiger partial charge in [0.05, 0.1) is 17.6 Å². The van der Waals surface area contributed by atoms with Crippen molar-refractivity contribution in [2.75, 3.05) is 19.6 Å². The highest BCUT2D eigenvalue weighted by Gasteiger charge is 2.62. The predicted molar refractivity (Wildman–Crippen MR) is 112 cm³/mol. The minimum absolute atomic E-state index is 0.218. The fraction of sp³-hybridized carbons (Fsp3) is 0.478. The predicted octanol–water partition coefficient (Wildman–Crippen LogP) is 1.04. The number of carboxylic acid groups (broad SMARTS) is 1. The number of aliphatic carboxylic acids is 1. The quantitative estimate of drug-likeness (QED) is 0.663. The van der Waals surface area contributed by atoms with Gasteiger partial charge >= 0.3 is 5.97 Å². The van der Waals surface area contributed by atoms with E-state index in [1.807, 2.05) is 25.1 Å². The minimum Gasteiger partial charge on any atom is -0.481 e. The molecule has 162 valence electrons. The molecule has 0 bridgehead atoms. The van der Waals surface area contributed by atoms with E-state index in [2.05, 4.69) is 11.4 Å². The van der Waals surface area contributed by atoms with Crippen molar-refractivity contribution in [2.45, 2.75) is 32.2 Å². The minimum atomic E-state index is -1.03. The average molecular weight is 422 g/mol. The van der Waals surface area contributed by atoms with Crippen LogP contribution in [0, 0.1) is 35.5 Å². The number of hydrogen-bond donors (Lipinski definition) is 3. The number of carbonyl (C=O) groups is 3. The number of nitrogens with zero attached hydrogens (tertiary/aromatic N) is 2. The molecule has 0 radical (unpaired) electrons. The Balaban J connectivity index is 1.44. The molecule has 4 unspecified atom stereocenters. The van der Waals surface area contributed by atoms with Gasteiger partial charge in [-0.2, -0.15) is 5.26 Å². The molecule has 1 aromatic carbocycles. The highest BCUT2D eigenvalue weighted by Crippen LogP contribution is 2.58. The number of carbonyl (C=O) groups excluding carboxylic acids is 2. The number of hydrogen-bond acceptors (Lipinski definition) is 5. The third-order valence-corrected chi connectivity index (χ3v) is 7.06. The Hall–Kier alpha value is -3.18. The molecule has 1 saturated heterocycles. The molecule has 4 rings (SSSR count). The van der Waals surface area contributed by atoms with Gasteiger partial charge in [-0.25, -0.2) is 0 Å². The summed E-state index contributed by atoms with van der Waals surface area (Å²) in [6.07, 6.45) is 3.53. The van der Waals surface area contributed by atoms with E-state index >= 15 is 0 Å². The number of primary amides is 1. The van der Waals surface area contributed by atoms with Crippen LogP contribution in [-0.4, -0.2) is 53.5 Å². The molecule has 1 saturated carbocycles. The summed E-state index contributed by atoms with van der Waals surface area (Å²) < 4.78 is 0. The summed E-state index contributed by atoms with van der Waals surface area (Å²) in [4.78, 5) is 38.3. The smallest absolute Gasteiger partial charge is 0.308 e. The summed E-state index contributed by atoms with van der Waals surface area (Å²) in [6, 6.07) is 7.07. The zero-order chi connectivity index (χ0) is 22.3. The highest BCUT2D eigenvalue weighted by atomic mass is 16.4. The maximum atomic E-state index is 13.1. The van der Waals surface area contributed by atoms with Gasteiger partial charge in [0.2, 0.25) is 11.8 Å². The fourth-order valence-electron chi connectivity index (χ4n) is 5.06. The summed E-state index contributed by atoms with van der Waals surface area (Å²) in [6.45, 7) is 3.24. The molecule has 1 aliphatic carbocycles. The van der Waals surface area contributed by atoms with Gasteiger partial charge in [0.25, 0.3) is 0 Å². The molecule has 3 aliphatic rings. The molecule has 4 N–H and O–H groups in total. The van der Waals surface area contributed by atoms with E-state index in [4.69, 9.17) is 11.0 Å². The van der Waals surface area contributed by atoms with Gasteiger partial charge in [-0.05, 0) is 54.4 Å². The number of amides is 2. The van der Waals surface area contributed by atoms with E-state index in [1.54, 1.807) is 11.0 Å². The van der Waals surface area contributed by atoms with Gasteiger partial charge in [-0.3, -0.25) is 14.4 Å². The summed E-state index contributed by atoms with van der Waals surface area (Å²) in [7, 11) is 0. The number of benzene rings is 1. The zero-order valence-electron chi connectivity index (χ0n) is 17.4. The number of nitriles is 1. The van der Waals surface area contributed by atoms with Crippen LogP contribution < -0.4 is 11.1 Å². The number of nitrogens with one attached hydrogen (secondary N) is 1. The molecule has 0 aromatic heterocycles. The number of piperidine rings is 1. The number of aryl methyl sites for hydroxylation is 1. The van der Waals surface area contributed by atoms with E-state index < -0.39 is 29.3 Å². The highest BCUT2D eigenvalue weighted by molar-refractivity contribution is 5.89. The maximum absolute atomic E-state index is 13.1. The standard InChI is InChI=1S/C23H26N4O4/c1-13-8-15(2-3-16(13)11-24)14-4-6-27(7-5-14)21(29)19-17(22(30)31)9-23(12-26-19)10-18(23)20(25)28/h2-4,8,17-19,26H,5-7,9-10,12H2,1H3,(H2,25,28)(H,30,31). The van der Waals surface area contributed by atoms with Gasteiger partial charge in [0.1, 0.15) is 6.04 Å². The van der Waals surface area contributed by atoms with Gasteiger partial charge in [-0.15, -0.1) is 0 Å². The Morgan fingerprint density at radius 1 is 1.32 bits per heavy atom.